The van der Waals surface area contributed by atoms with E-state index in [4.69, 9.17) is 0 Å². The van der Waals surface area contributed by atoms with Gasteiger partial charge in [0.25, 0.3) is 0 Å². The van der Waals surface area contributed by atoms with Gasteiger partial charge in [0.15, 0.2) is 5.65 Å². The molecule has 1 N–H and O–H groups in total. The molecule has 21 heavy (non-hydrogen) atoms. The second kappa shape index (κ2) is 6.54. The maximum atomic E-state index is 4.28. The molecule has 5 heteroatoms. The summed E-state index contributed by atoms with van der Waals surface area (Å²) in [6.45, 7) is 5.73. The molecule has 1 aliphatic rings. The molecule has 0 spiro atoms. The molecule has 1 fully saturated rings. The third-order valence-corrected chi connectivity index (χ3v) is 4.67. The van der Waals surface area contributed by atoms with Gasteiger partial charge >= 0.3 is 0 Å². The Bertz CT molecular complexity index is 571. The molecule has 0 aromatic carbocycles. The summed E-state index contributed by atoms with van der Waals surface area (Å²) in [5.41, 5.74) is 0.927. The predicted molar refractivity (Wildman–Crippen MR) is 84.4 cm³/mol. The summed E-state index contributed by atoms with van der Waals surface area (Å²) >= 11 is 0. The lowest BCUT2D eigenvalue weighted by Gasteiger charge is -2.33. The van der Waals surface area contributed by atoms with Crippen LogP contribution in [0.15, 0.2) is 24.4 Å². The second-order valence-corrected chi connectivity index (χ2v) is 6.18. The zero-order valence-electron chi connectivity index (χ0n) is 13.0. The Morgan fingerprint density at radius 3 is 2.90 bits per heavy atom. The summed E-state index contributed by atoms with van der Waals surface area (Å²) in [5.74, 6) is 1.84. The first-order chi connectivity index (χ1) is 10.2. The van der Waals surface area contributed by atoms with Crippen molar-refractivity contribution in [3.05, 3.63) is 30.2 Å². The van der Waals surface area contributed by atoms with E-state index in [1.54, 1.807) is 0 Å². The molecule has 0 aliphatic carbocycles. The number of hydrogen-bond donors (Lipinski definition) is 1. The van der Waals surface area contributed by atoms with E-state index >= 15 is 0 Å². The van der Waals surface area contributed by atoms with Crippen molar-refractivity contribution in [3.8, 4) is 0 Å². The molecule has 1 atom stereocenters. The second-order valence-electron chi connectivity index (χ2n) is 6.18. The zero-order chi connectivity index (χ0) is 14.7. The average molecular weight is 287 g/mol. The molecule has 5 nitrogen and oxygen atoms in total. The number of nitrogens with zero attached hydrogens (tertiary/aromatic N) is 4. The number of piperidine rings is 1. The van der Waals surface area contributed by atoms with Crippen LogP contribution < -0.4 is 5.32 Å². The van der Waals surface area contributed by atoms with Gasteiger partial charge in [-0.2, -0.15) is 0 Å². The van der Waals surface area contributed by atoms with Crippen LogP contribution in [-0.2, 0) is 6.42 Å². The smallest absolute Gasteiger partial charge is 0.160 e. The highest BCUT2D eigenvalue weighted by Crippen LogP contribution is 2.19. The van der Waals surface area contributed by atoms with Crippen molar-refractivity contribution in [2.24, 2.45) is 5.92 Å². The fraction of sp³-hybridized carbons (Fsp3) is 0.625. The van der Waals surface area contributed by atoms with Gasteiger partial charge in [0.05, 0.1) is 0 Å². The van der Waals surface area contributed by atoms with Crippen molar-refractivity contribution in [2.75, 3.05) is 26.7 Å². The van der Waals surface area contributed by atoms with Crippen molar-refractivity contribution >= 4 is 5.65 Å². The van der Waals surface area contributed by atoms with Gasteiger partial charge in [-0.05, 0) is 58.0 Å². The molecule has 1 unspecified atom stereocenters. The number of fused-ring (bicyclic) bond motifs is 1. The van der Waals surface area contributed by atoms with Crippen LogP contribution >= 0.6 is 0 Å². The normalized spacial score (nSPS) is 19.1. The topological polar surface area (TPSA) is 45.5 Å². The lowest BCUT2D eigenvalue weighted by Crippen LogP contribution is -2.41. The van der Waals surface area contributed by atoms with Crippen LogP contribution in [-0.4, -0.2) is 52.2 Å². The molecule has 3 heterocycles. The van der Waals surface area contributed by atoms with Gasteiger partial charge < -0.3 is 10.2 Å². The Balaban J connectivity index is 1.49. The molecule has 0 saturated carbocycles. The van der Waals surface area contributed by atoms with Crippen molar-refractivity contribution in [1.82, 2.24) is 24.8 Å². The van der Waals surface area contributed by atoms with Crippen LogP contribution in [0.25, 0.3) is 5.65 Å². The summed E-state index contributed by atoms with van der Waals surface area (Å²) < 4.78 is 2.07. The molecular formula is C16H25N5. The van der Waals surface area contributed by atoms with Crippen molar-refractivity contribution in [1.29, 1.82) is 0 Å². The van der Waals surface area contributed by atoms with Crippen molar-refractivity contribution in [3.63, 3.8) is 0 Å². The van der Waals surface area contributed by atoms with E-state index in [1.807, 2.05) is 24.4 Å². The summed E-state index contributed by atoms with van der Waals surface area (Å²) in [6, 6.07) is 6.59. The van der Waals surface area contributed by atoms with E-state index in [9.17, 15) is 0 Å². The third-order valence-electron chi connectivity index (χ3n) is 4.67. The van der Waals surface area contributed by atoms with Gasteiger partial charge in [0.1, 0.15) is 5.82 Å². The standard InChI is InChI=1S/C16H25N5/c1-13(14-7-11-20(2)12-8-14)17-9-6-16-19-18-15-5-3-4-10-21(15)16/h3-5,10,13-14,17H,6-9,11-12H2,1-2H3. The van der Waals surface area contributed by atoms with E-state index < -0.39 is 0 Å². The number of hydrogen-bond acceptors (Lipinski definition) is 4. The van der Waals surface area contributed by atoms with Crippen LogP contribution in [0.4, 0.5) is 0 Å². The Morgan fingerprint density at radius 1 is 1.29 bits per heavy atom. The van der Waals surface area contributed by atoms with Gasteiger partial charge in [-0.15, -0.1) is 10.2 Å². The Morgan fingerprint density at radius 2 is 2.10 bits per heavy atom. The predicted octanol–water partition coefficient (Wildman–Crippen LogP) is 1.59. The number of nitrogens with one attached hydrogen (secondary N) is 1. The average Bonchev–Trinajstić information content (AvgIpc) is 2.91. The molecule has 2 aromatic heterocycles. The first-order valence-electron chi connectivity index (χ1n) is 7.94. The Labute approximate surface area is 126 Å². The van der Waals surface area contributed by atoms with Crippen LogP contribution in [0, 0.1) is 5.92 Å². The van der Waals surface area contributed by atoms with Gasteiger partial charge in [0, 0.05) is 25.2 Å². The number of aromatic nitrogens is 3. The Hall–Kier alpha value is -1.46. The molecule has 2 aromatic rings. The molecule has 114 valence electrons. The molecule has 1 aliphatic heterocycles. The third kappa shape index (κ3) is 3.41. The number of pyridine rings is 1. The minimum atomic E-state index is 0.581. The van der Waals surface area contributed by atoms with Crippen LogP contribution in [0.1, 0.15) is 25.6 Å². The molecular weight excluding hydrogens is 262 g/mol. The lowest BCUT2D eigenvalue weighted by atomic mass is 9.90. The number of rotatable bonds is 5. The van der Waals surface area contributed by atoms with E-state index in [1.165, 1.54) is 25.9 Å². The fourth-order valence-corrected chi connectivity index (χ4v) is 3.17. The lowest BCUT2D eigenvalue weighted by molar-refractivity contribution is 0.190. The van der Waals surface area contributed by atoms with Crippen molar-refractivity contribution < 1.29 is 0 Å². The SMILES string of the molecule is CC(NCCc1nnc2ccccn12)C1CCN(C)CC1. The largest absolute Gasteiger partial charge is 0.314 e. The molecule has 0 bridgehead atoms. The van der Waals surface area contributed by atoms with Gasteiger partial charge in [-0.1, -0.05) is 6.07 Å². The minimum Gasteiger partial charge on any atom is -0.314 e. The number of likely N-dealkylation sites (tertiary alicyclic amines) is 1. The summed E-state index contributed by atoms with van der Waals surface area (Å²) in [7, 11) is 2.21. The van der Waals surface area contributed by atoms with Gasteiger partial charge in [0.2, 0.25) is 0 Å². The van der Waals surface area contributed by atoms with E-state index in [-0.39, 0.29) is 0 Å². The van der Waals surface area contributed by atoms with Gasteiger partial charge in [-0.3, -0.25) is 4.40 Å². The quantitative estimate of drug-likeness (QED) is 0.907. The van der Waals surface area contributed by atoms with Crippen LogP contribution in [0.5, 0.6) is 0 Å². The van der Waals surface area contributed by atoms with Crippen LogP contribution in [0.2, 0.25) is 0 Å². The van der Waals surface area contributed by atoms with E-state index in [2.05, 4.69) is 38.8 Å². The maximum Gasteiger partial charge on any atom is 0.160 e. The highest BCUT2D eigenvalue weighted by molar-refractivity contribution is 5.36. The summed E-state index contributed by atoms with van der Waals surface area (Å²) in [6.07, 6.45) is 5.56. The van der Waals surface area contributed by atoms with E-state index in [0.717, 1.165) is 30.4 Å². The van der Waals surface area contributed by atoms with E-state index in [0.29, 0.717) is 6.04 Å². The maximum absolute atomic E-state index is 4.28. The molecule has 0 radical (unpaired) electrons. The van der Waals surface area contributed by atoms with Gasteiger partial charge in [-0.25, -0.2) is 0 Å². The fourth-order valence-electron chi connectivity index (χ4n) is 3.17. The molecule has 1 saturated heterocycles. The zero-order valence-corrected chi connectivity index (χ0v) is 13.0. The highest BCUT2D eigenvalue weighted by atomic mass is 15.2. The van der Waals surface area contributed by atoms with Crippen molar-refractivity contribution in [2.45, 2.75) is 32.2 Å². The minimum absolute atomic E-state index is 0.581. The molecule has 3 rings (SSSR count). The summed E-state index contributed by atoms with van der Waals surface area (Å²) in [5, 5.41) is 12.1. The Kier molecular flexibility index (Phi) is 4.51. The monoisotopic (exact) mass is 287 g/mol. The highest BCUT2D eigenvalue weighted by Gasteiger charge is 2.21. The molecule has 0 amide bonds. The first-order valence-corrected chi connectivity index (χ1v) is 7.94. The van der Waals surface area contributed by atoms with Crippen LogP contribution in [0.3, 0.4) is 0 Å². The first kappa shape index (κ1) is 14.5. The summed E-state index contributed by atoms with van der Waals surface area (Å²) in [4.78, 5) is 2.42.